The van der Waals surface area contributed by atoms with Crippen molar-refractivity contribution < 1.29 is 4.74 Å². The average molecular weight is 173 g/mol. The summed E-state index contributed by atoms with van der Waals surface area (Å²) in [4.78, 5) is 0. The van der Waals surface area contributed by atoms with E-state index in [2.05, 4.69) is 0 Å². The predicted octanol–water partition coefficient (Wildman–Crippen LogP) is 1.88. The normalized spacial score (nSPS) is 39.8. The minimum atomic E-state index is -0.296. The van der Waals surface area contributed by atoms with Crippen LogP contribution in [0.1, 0.15) is 0 Å². The summed E-state index contributed by atoms with van der Waals surface area (Å²) in [6.45, 7) is 0.724. The summed E-state index contributed by atoms with van der Waals surface area (Å²) in [6, 6.07) is 0. The van der Waals surface area contributed by atoms with Gasteiger partial charge < -0.3 is 4.74 Å². The highest BCUT2D eigenvalue weighted by atomic mass is 35.5. The molecule has 0 aromatic carbocycles. The van der Waals surface area contributed by atoms with Gasteiger partial charge in [-0.25, -0.2) is 0 Å². The molecule has 0 N–H and O–H groups in total. The van der Waals surface area contributed by atoms with Crippen molar-refractivity contribution in [3.8, 4) is 0 Å². The summed E-state index contributed by atoms with van der Waals surface area (Å²) in [6.07, 6.45) is 0. The molecule has 8 heavy (non-hydrogen) atoms. The van der Waals surface area contributed by atoms with E-state index >= 15 is 0 Å². The third-order valence-corrected chi connectivity index (χ3v) is 3.07. The van der Waals surface area contributed by atoms with Crippen LogP contribution in [-0.2, 0) is 4.74 Å². The molecule has 1 heterocycles. The van der Waals surface area contributed by atoms with Gasteiger partial charge in [-0.15, -0.1) is 23.4 Å². The van der Waals surface area contributed by atoms with Crippen LogP contribution >= 0.6 is 35.0 Å². The number of rotatable bonds is 0. The molecule has 0 aromatic rings. The summed E-state index contributed by atoms with van der Waals surface area (Å²) in [5.74, 6) is 0.956. The lowest BCUT2D eigenvalue weighted by Crippen LogP contribution is -2.23. The lowest BCUT2D eigenvalue weighted by Gasteiger charge is -2.21. The number of ether oxygens (including phenoxy) is 1. The zero-order chi connectivity index (χ0) is 5.98. The van der Waals surface area contributed by atoms with Crippen molar-refractivity contribution in [3.63, 3.8) is 0 Å². The third-order valence-electron chi connectivity index (χ3n) is 0.844. The Morgan fingerprint density at radius 1 is 1.50 bits per heavy atom. The average Bonchev–Trinajstić information content (AvgIpc) is 1.77. The molecule has 0 amide bonds. The van der Waals surface area contributed by atoms with Gasteiger partial charge in [0.25, 0.3) is 0 Å². The second-order valence-corrected chi connectivity index (χ2v) is 3.85. The molecule has 0 saturated carbocycles. The fourth-order valence-corrected chi connectivity index (χ4v) is 1.77. The molecule has 1 fully saturated rings. The van der Waals surface area contributed by atoms with Gasteiger partial charge in [-0.2, -0.15) is 0 Å². The van der Waals surface area contributed by atoms with Crippen molar-refractivity contribution in [1.82, 2.24) is 0 Å². The van der Waals surface area contributed by atoms with E-state index in [-0.39, 0.29) is 10.3 Å². The van der Waals surface area contributed by atoms with Crippen LogP contribution in [0.25, 0.3) is 0 Å². The van der Waals surface area contributed by atoms with Gasteiger partial charge in [0.15, 0.2) is 5.56 Å². The highest BCUT2D eigenvalue weighted by Gasteiger charge is 2.21. The van der Waals surface area contributed by atoms with Gasteiger partial charge in [-0.3, -0.25) is 0 Å². The lowest BCUT2D eigenvalue weighted by molar-refractivity contribution is 0.125. The molecule has 1 saturated heterocycles. The first kappa shape index (κ1) is 7.00. The third kappa shape index (κ3) is 1.69. The fourth-order valence-electron chi connectivity index (χ4n) is 0.473. The summed E-state index contributed by atoms with van der Waals surface area (Å²) < 4.78 is 4.94. The largest absolute Gasteiger partial charge is 0.359 e. The van der Waals surface area contributed by atoms with Gasteiger partial charge in [-0.1, -0.05) is 11.6 Å². The van der Waals surface area contributed by atoms with E-state index < -0.39 is 0 Å². The molecule has 2 atom stereocenters. The second kappa shape index (κ2) is 3.16. The van der Waals surface area contributed by atoms with Gasteiger partial charge in [0.05, 0.1) is 6.61 Å². The van der Waals surface area contributed by atoms with Crippen molar-refractivity contribution in [2.75, 3.05) is 12.4 Å². The van der Waals surface area contributed by atoms with E-state index in [0.29, 0.717) is 0 Å². The Balaban J connectivity index is 2.28. The maximum Gasteiger partial charge on any atom is 0.156 e. The number of alkyl halides is 2. The molecule has 1 aliphatic rings. The SMILES string of the molecule is Cl[C@H]1OCCS[C@@H]1Cl. The number of hydrogen-bond donors (Lipinski definition) is 0. The van der Waals surface area contributed by atoms with Crippen LogP contribution in [-0.4, -0.2) is 22.6 Å². The Labute approximate surface area is 62.7 Å². The first-order valence-electron chi connectivity index (χ1n) is 2.32. The minimum Gasteiger partial charge on any atom is -0.359 e. The molecule has 0 radical (unpaired) electrons. The van der Waals surface area contributed by atoms with Crippen LogP contribution in [0.3, 0.4) is 0 Å². The van der Waals surface area contributed by atoms with Gasteiger partial charge >= 0.3 is 0 Å². The van der Waals surface area contributed by atoms with Crippen molar-refractivity contribution in [2.45, 2.75) is 10.3 Å². The minimum absolute atomic E-state index is 0.0644. The molecule has 0 aromatic heterocycles. The quantitative estimate of drug-likeness (QED) is 0.517. The molecule has 4 heteroatoms. The summed E-state index contributed by atoms with van der Waals surface area (Å²) in [5, 5.41) is 0. The van der Waals surface area contributed by atoms with Gasteiger partial charge in [0, 0.05) is 5.75 Å². The summed E-state index contributed by atoms with van der Waals surface area (Å²) in [5.41, 5.74) is -0.296. The lowest BCUT2D eigenvalue weighted by atomic mass is 10.7. The number of halogens is 2. The van der Waals surface area contributed by atoms with E-state index in [1.807, 2.05) is 0 Å². The molecular weight excluding hydrogens is 167 g/mol. The van der Waals surface area contributed by atoms with Gasteiger partial charge in [0.2, 0.25) is 0 Å². The monoisotopic (exact) mass is 172 g/mol. The highest BCUT2D eigenvalue weighted by Crippen LogP contribution is 2.27. The molecular formula is C4H6Cl2OS. The van der Waals surface area contributed by atoms with Crippen molar-refractivity contribution in [1.29, 1.82) is 0 Å². The van der Waals surface area contributed by atoms with Gasteiger partial charge in [0.1, 0.15) is 4.71 Å². The summed E-state index contributed by atoms with van der Waals surface area (Å²) >= 11 is 12.9. The van der Waals surface area contributed by atoms with Crippen LogP contribution in [0.15, 0.2) is 0 Å². The smallest absolute Gasteiger partial charge is 0.156 e. The Morgan fingerprint density at radius 2 is 2.25 bits per heavy atom. The first-order valence-corrected chi connectivity index (χ1v) is 4.24. The summed E-state index contributed by atoms with van der Waals surface area (Å²) in [7, 11) is 0. The first-order chi connectivity index (χ1) is 3.80. The molecule has 0 spiro atoms. The highest BCUT2D eigenvalue weighted by molar-refractivity contribution is 8.01. The Morgan fingerprint density at radius 3 is 2.62 bits per heavy atom. The van der Waals surface area contributed by atoms with E-state index in [1.54, 1.807) is 11.8 Å². The van der Waals surface area contributed by atoms with E-state index in [4.69, 9.17) is 27.9 Å². The zero-order valence-electron chi connectivity index (χ0n) is 4.14. The topological polar surface area (TPSA) is 9.23 Å². The van der Waals surface area contributed by atoms with E-state index in [0.717, 1.165) is 12.4 Å². The molecule has 48 valence electrons. The molecule has 1 aliphatic heterocycles. The molecule has 0 unspecified atom stereocenters. The maximum absolute atomic E-state index is 5.67. The maximum atomic E-state index is 5.67. The van der Waals surface area contributed by atoms with Crippen molar-refractivity contribution in [2.24, 2.45) is 0 Å². The number of thioether (sulfide) groups is 1. The van der Waals surface area contributed by atoms with Crippen LogP contribution in [0.5, 0.6) is 0 Å². The second-order valence-electron chi connectivity index (χ2n) is 1.44. The standard InChI is InChI=1S/C4H6Cl2OS/c5-3-4(6)8-2-1-7-3/h3-4H,1-2H2/t3-,4-/m0/s1. The van der Waals surface area contributed by atoms with E-state index in [1.165, 1.54) is 0 Å². The van der Waals surface area contributed by atoms with Crippen LogP contribution in [0, 0.1) is 0 Å². The van der Waals surface area contributed by atoms with Crippen LogP contribution in [0.4, 0.5) is 0 Å². The Kier molecular flexibility index (Phi) is 2.76. The van der Waals surface area contributed by atoms with Crippen LogP contribution < -0.4 is 0 Å². The molecule has 1 rings (SSSR count). The fraction of sp³-hybridized carbons (Fsp3) is 1.00. The number of hydrogen-bond acceptors (Lipinski definition) is 2. The Bertz CT molecular complexity index is 70.4. The van der Waals surface area contributed by atoms with E-state index in [9.17, 15) is 0 Å². The van der Waals surface area contributed by atoms with Crippen molar-refractivity contribution >= 4 is 35.0 Å². The molecule has 0 aliphatic carbocycles. The Hall–Kier alpha value is 0.890. The predicted molar refractivity (Wildman–Crippen MR) is 37.7 cm³/mol. The van der Waals surface area contributed by atoms with Crippen LogP contribution in [0.2, 0.25) is 0 Å². The van der Waals surface area contributed by atoms with Gasteiger partial charge in [-0.05, 0) is 0 Å². The molecule has 0 bridgehead atoms. The van der Waals surface area contributed by atoms with Crippen molar-refractivity contribution in [3.05, 3.63) is 0 Å². The zero-order valence-corrected chi connectivity index (χ0v) is 6.47. The molecule has 1 nitrogen and oxygen atoms in total.